The Balaban J connectivity index is 0.996. The normalized spacial score (nSPS) is 18.1. The highest BCUT2D eigenvalue weighted by atomic mass is 19.3. The Labute approximate surface area is 288 Å². The van der Waals surface area contributed by atoms with Gasteiger partial charge in [-0.15, -0.1) is 0 Å². The second-order valence-electron chi connectivity index (χ2n) is 14.1. The molecule has 2 unspecified atom stereocenters. The molecule has 0 saturated carbocycles. The lowest BCUT2D eigenvalue weighted by molar-refractivity contribution is -0.0592. The van der Waals surface area contributed by atoms with Crippen molar-refractivity contribution in [2.75, 3.05) is 19.7 Å². The van der Waals surface area contributed by atoms with Crippen molar-refractivity contribution >= 4 is 27.9 Å². The van der Waals surface area contributed by atoms with Crippen LogP contribution in [0.1, 0.15) is 79.7 Å². The van der Waals surface area contributed by atoms with E-state index < -0.39 is 18.3 Å². The molecule has 2 fully saturated rings. The summed E-state index contributed by atoms with van der Waals surface area (Å²) in [7, 11) is 0. The van der Waals surface area contributed by atoms with E-state index in [0.717, 1.165) is 61.5 Å². The van der Waals surface area contributed by atoms with Gasteiger partial charge in [0.25, 0.3) is 12.7 Å². The van der Waals surface area contributed by atoms with Crippen molar-refractivity contribution in [3.63, 3.8) is 0 Å². The number of aromatic nitrogens is 5. The van der Waals surface area contributed by atoms with Crippen LogP contribution in [0.4, 0.5) is 13.2 Å². The van der Waals surface area contributed by atoms with Crippen LogP contribution in [0.2, 0.25) is 0 Å². The molecule has 2 aromatic carbocycles. The zero-order valence-corrected chi connectivity index (χ0v) is 28.4. The second kappa shape index (κ2) is 14.0. The Morgan fingerprint density at radius 3 is 2.52 bits per heavy atom. The molecule has 7 rings (SSSR count). The molecule has 10 nitrogen and oxygen atoms in total. The molecular formula is C37H41F3N6O4. The first-order chi connectivity index (χ1) is 24.0. The van der Waals surface area contributed by atoms with Crippen LogP contribution in [0.15, 0.2) is 60.8 Å². The number of likely N-dealkylation sites (tertiary alicyclic amines) is 1. The monoisotopic (exact) mass is 690 g/mol. The van der Waals surface area contributed by atoms with E-state index in [2.05, 4.69) is 14.6 Å². The molecule has 3 aromatic heterocycles. The summed E-state index contributed by atoms with van der Waals surface area (Å²) in [4.78, 5) is 25.0. The summed E-state index contributed by atoms with van der Waals surface area (Å²) in [5.74, 6) is 1.32. The van der Waals surface area contributed by atoms with E-state index in [1.807, 2.05) is 45.0 Å². The van der Waals surface area contributed by atoms with Gasteiger partial charge in [-0.25, -0.2) is 32.6 Å². The third kappa shape index (κ3) is 7.48. The van der Waals surface area contributed by atoms with Gasteiger partial charge in [-0.1, -0.05) is 18.2 Å². The lowest BCUT2D eigenvalue weighted by Crippen LogP contribution is -2.35. The highest BCUT2D eigenvalue weighted by Crippen LogP contribution is 2.31. The molecule has 264 valence electrons. The molecule has 0 aliphatic carbocycles. The molecular weight excluding hydrogens is 649 g/mol. The number of imidazole rings is 1. The lowest BCUT2D eigenvalue weighted by Gasteiger charge is -2.32. The van der Waals surface area contributed by atoms with Gasteiger partial charge in [0.05, 0.1) is 47.5 Å². The minimum Gasteiger partial charge on any atom is -0.473 e. The van der Waals surface area contributed by atoms with E-state index in [9.17, 15) is 18.0 Å². The van der Waals surface area contributed by atoms with Crippen LogP contribution in [0.3, 0.4) is 0 Å². The lowest BCUT2D eigenvalue weighted by atomic mass is 9.93. The number of hydrogen-bond donors (Lipinski definition) is 0. The van der Waals surface area contributed by atoms with Gasteiger partial charge >= 0.3 is 5.97 Å². The van der Waals surface area contributed by atoms with Gasteiger partial charge in [0.15, 0.2) is 0 Å². The van der Waals surface area contributed by atoms with Gasteiger partial charge in [0.1, 0.15) is 18.0 Å². The number of carbonyl (C=O) groups excluding carboxylic acids is 1. The fraction of sp³-hybridized carbons (Fsp3) is 0.459. The first-order valence-electron chi connectivity index (χ1n) is 17.1. The number of alkyl halides is 3. The Kier molecular flexibility index (Phi) is 9.53. The molecule has 50 heavy (non-hydrogen) atoms. The van der Waals surface area contributed by atoms with Crippen LogP contribution >= 0.6 is 0 Å². The number of hydrogen-bond acceptors (Lipinski definition) is 8. The largest absolute Gasteiger partial charge is 0.473 e. The summed E-state index contributed by atoms with van der Waals surface area (Å²) in [6.07, 6.45) is -1.37. The smallest absolute Gasteiger partial charge is 0.338 e. The number of carbonyl (C=O) groups is 1. The fourth-order valence-electron chi connectivity index (χ4n) is 6.55. The Morgan fingerprint density at radius 1 is 1.00 bits per heavy atom. The minimum atomic E-state index is -3.17. The van der Waals surface area contributed by atoms with E-state index in [-0.39, 0.29) is 30.1 Å². The van der Waals surface area contributed by atoms with Gasteiger partial charge in [-0.2, -0.15) is 5.10 Å². The predicted octanol–water partition coefficient (Wildman–Crippen LogP) is 7.22. The average Bonchev–Trinajstić information content (AvgIpc) is 3.64. The molecule has 2 saturated heterocycles. The SMILES string of the molecule is CC(C)(C)OC(=O)c1ccc2nc(CN3CCC(c4cccc(OCc5ccc6cnn(C(F)C(F)F)c6c5)n4)CC3)n(CC3CCO3)c2c1. The van der Waals surface area contributed by atoms with Crippen molar-refractivity contribution in [3.05, 3.63) is 83.4 Å². The summed E-state index contributed by atoms with van der Waals surface area (Å²) in [6.45, 7) is 9.57. The summed E-state index contributed by atoms with van der Waals surface area (Å²) in [5, 5.41) is 4.37. The van der Waals surface area contributed by atoms with E-state index >= 15 is 0 Å². The fourth-order valence-corrected chi connectivity index (χ4v) is 6.55. The number of halogens is 3. The van der Waals surface area contributed by atoms with Gasteiger partial charge < -0.3 is 18.8 Å². The quantitative estimate of drug-likeness (QED) is 0.134. The summed E-state index contributed by atoms with van der Waals surface area (Å²) < 4.78 is 60.3. The van der Waals surface area contributed by atoms with Crippen molar-refractivity contribution in [2.45, 2.75) is 90.1 Å². The maximum atomic E-state index is 14.0. The molecule has 2 aliphatic heterocycles. The zero-order valence-electron chi connectivity index (χ0n) is 28.4. The van der Waals surface area contributed by atoms with E-state index in [1.165, 1.54) is 6.20 Å². The maximum absolute atomic E-state index is 14.0. The number of ether oxygens (including phenoxy) is 3. The van der Waals surface area contributed by atoms with Crippen molar-refractivity contribution in [2.24, 2.45) is 0 Å². The predicted molar refractivity (Wildman–Crippen MR) is 181 cm³/mol. The average molecular weight is 691 g/mol. The van der Waals surface area contributed by atoms with Crippen LogP contribution in [0.5, 0.6) is 5.88 Å². The molecule has 2 atom stereocenters. The van der Waals surface area contributed by atoms with Gasteiger partial charge in [-0.3, -0.25) is 4.90 Å². The van der Waals surface area contributed by atoms with Gasteiger partial charge in [-0.05, 0) is 89.0 Å². The molecule has 5 heterocycles. The standard InChI is InChI=1S/C37H41F3N6O4/c1-37(2,3)50-36(47)25-9-10-29-31(18-25)45(20-27-13-16-48-27)32(42-29)21-44-14-11-24(12-15-44)28-5-4-6-33(43-28)49-22-23-7-8-26-19-41-46(30(26)17-23)35(40)34(38)39/h4-10,17-19,24,27,34-35H,11-16,20-22H2,1-3H3. The zero-order chi connectivity index (χ0) is 35.0. The van der Waals surface area contributed by atoms with Crippen molar-refractivity contribution in [3.8, 4) is 5.88 Å². The number of pyridine rings is 1. The van der Waals surface area contributed by atoms with Crippen LogP contribution in [0.25, 0.3) is 21.9 Å². The Hall–Kier alpha value is -4.49. The minimum absolute atomic E-state index is 0.127. The molecule has 0 bridgehead atoms. The van der Waals surface area contributed by atoms with Crippen LogP contribution in [-0.2, 0) is 29.2 Å². The summed E-state index contributed by atoms with van der Waals surface area (Å²) >= 11 is 0. The number of esters is 1. The van der Waals surface area contributed by atoms with Crippen LogP contribution in [0, 0.1) is 0 Å². The van der Waals surface area contributed by atoms with Crippen LogP contribution in [-0.4, -0.2) is 73.0 Å². The molecule has 0 amide bonds. The summed E-state index contributed by atoms with van der Waals surface area (Å²) in [6, 6.07) is 16.4. The number of fused-ring (bicyclic) bond motifs is 2. The molecule has 0 radical (unpaired) electrons. The van der Waals surface area contributed by atoms with Crippen molar-refractivity contribution in [1.82, 2.24) is 29.2 Å². The third-order valence-electron chi connectivity index (χ3n) is 9.25. The first kappa shape index (κ1) is 34.0. The second-order valence-corrected chi connectivity index (χ2v) is 14.1. The number of nitrogens with zero attached hydrogens (tertiary/aromatic N) is 6. The number of benzene rings is 2. The topological polar surface area (TPSA) is 96.5 Å². The highest BCUT2D eigenvalue weighted by molar-refractivity contribution is 5.94. The number of piperidine rings is 1. The third-order valence-corrected chi connectivity index (χ3v) is 9.25. The molecule has 0 spiro atoms. The highest BCUT2D eigenvalue weighted by Gasteiger charge is 2.27. The van der Waals surface area contributed by atoms with Crippen molar-refractivity contribution < 1.29 is 32.2 Å². The van der Waals surface area contributed by atoms with Crippen molar-refractivity contribution in [1.29, 1.82) is 0 Å². The Morgan fingerprint density at radius 2 is 1.80 bits per heavy atom. The first-order valence-corrected chi connectivity index (χ1v) is 17.1. The van der Waals surface area contributed by atoms with E-state index in [1.54, 1.807) is 30.3 Å². The molecule has 0 N–H and O–H groups in total. The molecule has 2 aliphatic rings. The Bertz CT molecular complexity index is 1980. The van der Waals surface area contributed by atoms with E-state index in [0.29, 0.717) is 40.2 Å². The van der Waals surface area contributed by atoms with E-state index in [4.69, 9.17) is 24.2 Å². The maximum Gasteiger partial charge on any atom is 0.338 e. The number of rotatable bonds is 11. The molecule has 13 heteroatoms. The van der Waals surface area contributed by atoms with Crippen LogP contribution < -0.4 is 4.74 Å². The summed E-state index contributed by atoms with van der Waals surface area (Å²) in [5.41, 5.74) is 3.59. The van der Waals surface area contributed by atoms with Gasteiger partial charge in [0, 0.05) is 29.7 Å². The van der Waals surface area contributed by atoms with Gasteiger partial charge in [0.2, 0.25) is 5.88 Å². The molecule has 5 aromatic rings.